The van der Waals surface area contributed by atoms with Crippen molar-refractivity contribution >= 4 is 29.7 Å². The molecule has 0 radical (unpaired) electrons. The molecule has 0 aromatic heterocycles. The molecular formula is C23H34N4O6. The van der Waals surface area contributed by atoms with Gasteiger partial charge >= 0.3 is 24.0 Å². The molecule has 0 fully saturated rings. The summed E-state index contributed by atoms with van der Waals surface area (Å²) in [4.78, 5) is 43.4. The topological polar surface area (TPSA) is 157 Å². The molecule has 4 amide bonds. The first-order valence-electron chi connectivity index (χ1n) is 10.6. The first-order valence-corrected chi connectivity index (χ1v) is 10.6. The second kappa shape index (κ2) is 17.8. The van der Waals surface area contributed by atoms with Gasteiger partial charge in [0.1, 0.15) is 0 Å². The second-order valence-corrected chi connectivity index (χ2v) is 6.89. The van der Waals surface area contributed by atoms with Crippen LogP contribution >= 0.6 is 0 Å². The Hall–Kier alpha value is -3.82. The number of para-hydroxylation sites is 1. The number of hydrogen-bond acceptors (Lipinski definition) is 4. The highest BCUT2D eigenvalue weighted by Crippen LogP contribution is 2.04. The van der Waals surface area contributed by atoms with E-state index in [-0.39, 0.29) is 17.6 Å². The van der Waals surface area contributed by atoms with Gasteiger partial charge in [0.2, 0.25) is 0 Å². The molecule has 0 aliphatic carbocycles. The van der Waals surface area contributed by atoms with Gasteiger partial charge in [0, 0.05) is 36.5 Å². The van der Waals surface area contributed by atoms with Crippen LogP contribution in [-0.2, 0) is 9.59 Å². The monoisotopic (exact) mass is 462 g/mol. The number of hydrogen-bond donors (Lipinski definition) is 6. The minimum atomic E-state index is -0.941. The molecule has 0 aliphatic heterocycles. The quantitative estimate of drug-likeness (QED) is 0.219. The lowest BCUT2D eigenvalue weighted by molar-refractivity contribution is -0.133. The highest BCUT2D eigenvalue weighted by atomic mass is 16.4. The van der Waals surface area contributed by atoms with Gasteiger partial charge in [-0.2, -0.15) is 0 Å². The van der Waals surface area contributed by atoms with Gasteiger partial charge in [0.05, 0.1) is 0 Å². The third-order valence-corrected chi connectivity index (χ3v) is 4.00. The number of anilines is 1. The van der Waals surface area contributed by atoms with Crippen LogP contribution in [0, 0.1) is 0 Å². The molecule has 0 unspecified atom stereocenters. The Labute approximate surface area is 194 Å². The van der Waals surface area contributed by atoms with Crippen LogP contribution in [0.4, 0.5) is 15.3 Å². The Kier molecular flexibility index (Phi) is 15.8. The molecule has 1 rings (SSSR count). The number of amides is 4. The van der Waals surface area contributed by atoms with E-state index in [1.165, 1.54) is 13.8 Å². The highest BCUT2D eigenvalue weighted by molar-refractivity contribution is 5.89. The zero-order valence-corrected chi connectivity index (χ0v) is 19.3. The lowest BCUT2D eigenvalue weighted by Gasteiger charge is -2.06. The average Bonchev–Trinajstić information content (AvgIpc) is 2.78. The van der Waals surface area contributed by atoms with Gasteiger partial charge in [-0.15, -0.1) is 0 Å². The molecule has 33 heavy (non-hydrogen) atoms. The van der Waals surface area contributed by atoms with Crippen molar-refractivity contribution in [3.8, 4) is 0 Å². The molecule has 0 saturated heterocycles. The number of carbonyl (C=O) groups excluding carboxylic acids is 2. The Morgan fingerprint density at radius 3 is 1.67 bits per heavy atom. The van der Waals surface area contributed by atoms with Crippen LogP contribution in [0.15, 0.2) is 53.6 Å². The summed E-state index contributed by atoms with van der Waals surface area (Å²) in [6.07, 6.45) is 5.07. The Bertz CT molecular complexity index is 822. The molecule has 10 heteroatoms. The fraction of sp³-hybridized carbons (Fsp3) is 0.391. The summed E-state index contributed by atoms with van der Waals surface area (Å²) in [6.45, 7) is 6.50. The number of nitrogens with one attached hydrogen (secondary N) is 4. The number of carbonyl (C=O) groups is 4. The number of urea groups is 2. The summed E-state index contributed by atoms with van der Waals surface area (Å²) >= 11 is 0. The lowest BCUT2D eigenvalue weighted by atomic mass is 10.2. The van der Waals surface area contributed by atoms with Gasteiger partial charge in [-0.25, -0.2) is 19.2 Å². The van der Waals surface area contributed by atoms with Crippen LogP contribution < -0.4 is 21.3 Å². The van der Waals surface area contributed by atoms with E-state index in [1.54, 1.807) is 24.3 Å². The van der Waals surface area contributed by atoms with Crippen molar-refractivity contribution in [3.63, 3.8) is 0 Å². The SMILES string of the molecule is C/C(=C\CCNC(=O)Nc1ccccc1)C(=O)O.CCCNC(=O)NCC/C=C(\C)C(=O)O. The lowest BCUT2D eigenvalue weighted by Crippen LogP contribution is -2.36. The predicted molar refractivity (Wildman–Crippen MR) is 127 cm³/mol. The number of rotatable bonds is 11. The smallest absolute Gasteiger partial charge is 0.330 e. The van der Waals surface area contributed by atoms with Crippen molar-refractivity contribution in [2.75, 3.05) is 25.0 Å². The van der Waals surface area contributed by atoms with Gasteiger partial charge in [-0.05, 0) is 45.2 Å². The summed E-state index contributed by atoms with van der Waals surface area (Å²) in [5.74, 6) is -1.87. The molecule has 6 N–H and O–H groups in total. The first-order chi connectivity index (χ1) is 15.7. The van der Waals surface area contributed by atoms with E-state index in [4.69, 9.17) is 10.2 Å². The minimum absolute atomic E-state index is 0.210. The zero-order valence-electron chi connectivity index (χ0n) is 19.3. The van der Waals surface area contributed by atoms with Crippen LogP contribution in [0.2, 0.25) is 0 Å². The van der Waals surface area contributed by atoms with Crippen molar-refractivity contribution < 1.29 is 29.4 Å². The third-order valence-electron chi connectivity index (χ3n) is 4.00. The molecular weight excluding hydrogens is 428 g/mol. The molecule has 182 valence electrons. The van der Waals surface area contributed by atoms with Gasteiger partial charge in [-0.1, -0.05) is 37.3 Å². The summed E-state index contributed by atoms with van der Waals surface area (Å²) < 4.78 is 0. The van der Waals surface area contributed by atoms with Crippen LogP contribution in [0.5, 0.6) is 0 Å². The van der Waals surface area contributed by atoms with Gasteiger partial charge in [0.15, 0.2) is 0 Å². The molecule has 1 aromatic rings. The maximum atomic E-state index is 11.4. The van der Waals surface area contributed by atoms with Crippen molar-refractivity contribution in [1.82, 2.24) is 16.0 Å². The van der Waals surface area contributed by atoms with E-state index in [1.807, 2.05) is 25.1 Å². The molecule has 1 aromatic carbocycles. The number of benzene rings is 1. The van der Waals surface area contributed by atoms with Gasteiger partial charge in [0.25, 0.3) is 0 Å². The van der Waals surface area contributed by atoms with E-state index in [9.17, 15) is 19.2 Å². The number of carboxylic acids is 2. The maximum Gasteiger partial charge on any atom is 0.330 e. The van der Waals surface area contributed by atoms with Gasteiger partial charge in [-0.3, -0.25) is 0 Å². The van der Waals surface area contributed by atoms with E-state index in [0.29, 0.717) is 43.7 Å². The van der Waals surface area contributed by atoms with Crippen molar-refractivity contribution in [2.24, 2.45) is 0 Å². The maximum absolute atomic E-state index is 11.4. The Morgan fingerprint density at radius 1 is 0.758 bits per heavy atom. The standard InChI is InChI=1S/C13H16N2O3.C10H18N2O3/c1-10(12(16)17)6-5-9-14-13(18)15-11-7-3-2-4-8-11;1-3-6-11-10(15)12-7-4-5-8(2)9(13)14/h2-4,6-8H,5,9H2,1H3,(H,16,17)(H2,14,15,18);5H,3-4,6-7H2,1-2H3,(H,13,14)(H2,11,12,15)/b10-6+;8-5+. The minimum Gasteiger partial charge on any atom is -0.478 e. The summed E-state index contributed by atoms with van der Waals surface area (Å²) in [6, 6.07) is 8.58. The second-order valence-electron chi connectivity index (χ2n) is 6.89. The van der Waals surface area contributed by atoms with Crippen LogP contribution in [0.3, 0.4) is 0 Å². The summed E-state index contributed by atoms with van der Waals surface area (Å²) in [7, 11) is 0. The van der Waals surface area contributed by atoms with Gasteiger partial charge < -0.3 is 31.5 Å². The Balaban J connectivity index is 0.000000633. The molecule has 0 aliphatic rings. The molecule has 10 nitrogen and oxygen atoms in total. The first kappa shape index (κ1) is 29.2. The predicted octanol–water partition coefficient (Wildman–Crippen LogP) is 3.35. The highest BCUT2D eigenvalue weighted by Gasteiger charge is 2.01. The van der Waals surface area contributed by atoms with Crippen LogP contribution in [0.25, 0.3) is 0 Å². The average molecular weight is 463 g/mol. The van der Waals surface area contributed by atoms with Crippen molar-refractivity contribution in [1.29, 1.82) is 0 Å². The normalized spacial score (nSPS) is 10.9. The number of carboxylic acid groups (broad SMARTS) is 2. The van der Waals surface area contributed by atoms with E-state index >= 15 is 0 Å². The van der Waals surface area contributed by atoms with E-state index in [2.05, 4.69) is 21.3 Å². The molecule has 0 bridgehead atoms. The van der Waals surface area contributed by atoms with Crippen molar-refractivity contribution in [2.45, 2.75) is 40.0 Å². The molecule has 0 spiro atoms. The fourth-order valence-corrected chi connectivity index (χ4v) is 2.12. The molecule has 0 saturated carbocycles. The summed E-state index contributed by atoms with van der Waals surface area (Å²) in [5, 5.41) is 27.7. The van der Waals surface area contributed by atoms with Crippen LogP contribution in [-0.4, -0.2) is 53.8 Å². The van der Waals surface area contributed by atoms with E-state index < -0.39 is 11.9 Å². The van der Waals surface area contributed by atoms with Crippen molar-refractivity contribution in [3.05, 3.63) is 53.6 Å². The number of aliphatic carboxylic acids is 2. The zero-order chi connectivity index (χ0) is 25.1. The molecule has 0 heterocycles. The largest absolute Gasteiger partial charge is 0.478 e. The fourth-order valence-electron chi connectivity index (χ4n) is 2.12. The van der Waals surface area contributed by atoms with E-state index in [0.717, 1.165) is 6.42 Å². The van der Waals surface area contributed by atoms with Crippen LogP contribution in [0.1, 0.15) is 40.0 Å². The Morgan fingerprint density at radius 2 is 1.21 bits per heavy atom. The molecule has 0 atom stereocenters. The third kappa shape index (κ3) is 16.5. The summed E-state index contributed by atoms with van der Waals surface area (Å²) in [5.41, 5.74) is 1.29.